The molecule has 0 spiro atoms. The van der Waals surface area contributed by atoms with Crippen LogP contribution in [0.25, 0.3) is 65.4 Å². The Morgan fingerprint density at radius 3 is 2.31 bits per heavy atom. The number of aromatic nitrogens is 5. The van der Waals surface area contributed by atoms with Crippen LogP contribution in [0.1, 0.15) is 0 Å². The van der Waals surface area contributed by atoms with E-state index in [1.54, 1.807) is 24.9 Å². The zero-order valence-corrected chi connectivity index (χ0v) is 25.3. The van der Waals surface area contributed by atoms with E-state index in [1.807, 2.05) is 78.9 Å². The van der Waals surface area contributed by atoms with E-state index in [-0.39, 0.29) is 19.5 Å². The molecule has 42 heavy (non-hydrogen) atoms. The molecular weight excluding hydrogens is 574 g/mol. The largest absolute Gasteiger partial charge is 2.00 e. The normalized spacial score (nSPS) is 11.8. The maximum absolute atomic E-state index is 5.88. The molecular formula is C34H20N6OZn. The molecule has 0 unspecified atom stereocenters. The molecule has 0 amide bonds. The summed E-state index contributed by atoms with van der Waals surface area (Å²) in [6.45, 7) is 0. The smallest absolute Gasteiger partial charge is 0.454 e. The Morgan fingerprint density at radius 1 is 0.595 bits per heavy atom. The van der Waals surface area contributed by atoms with Crippen LogP contribution in [0, 0.1) is 0 Å². The molecule has 7 nitrogen and oxygen atoms in total. The van der Waals surface area contributed by atoms with Crippen molar-refractivity contribution >= 4 is 71.2 Å². The number of nitrogens with zero attached hydrogens (tertiary/aromatic N) is 6. The van der Waals surface area contributed by atoms with E-state index in [2.05, 4.69) is 48.1 Å². The fourth-order valence-electron chi connectivity index (χ4n) is 5.34. The van der Waals surface area contributed by atoms with E-state index in [4.69, 9.17) is 4.42 Å². The number of pyridine rings is 3. The third-order valence-corrected chi connectivity index (χ3v) is 7.23. The van der Waals surface area contributed by atoms with Crippen LogP contribution in [0.15, 0.2) is 131 Å². The second kappa shape index (κ2) is 10.7. The molecule has 5 heterocycles. The number of hydrogen-bond acceptors (Lipinski definition) is 5. The van der Waals surface area contributed by atoms with Crippen molar-refractivity contribution in [1.29, 1.82) is 0 Å². The first-order valence-corrected chi connectivity index (χ1v) is 13.2. The Bertz CT molecular complexity index is 2450. The fourth-order valence-corrected chi connectivity index (χ4v) is 5.34. The first-order valence-electron chi connectivity index (χ1n) is 13.2. The quantitative estimate of drug-likeness (QED) is 0.187. The third kappa shape index (κ3) is 4.33. The molecule has 9 rings (SSSR count). The molecule has 5 aromatic heterocycles. The molecule has 0 aliphatic rings. The van der Waals surface area contributed by atoms with Crippen LogP contribution in [0.5, 0.6) is 0 Å². The molecule has 0 atom stereocenters. The van der Waals surface area contributed by atoms with Gasteiger partial charge in [-0.05, 0) is 67.7 Å². The number of furan rings is 1. The van der Waals surface area contributed by atoms with Crippen molar-refractivity contribution in [2.45, 2.75) is 0 Å². The minimum Gasteiger partial charge on any atom is -0.454 e. The van der Waals surface area contributed by atoms with Gasteiger partial charge in [0.25, 0.3) is 0 Å². The summed E-state index contributed by atoms with van der Waals surface area (Å²) < 4.78 is 5.88. The van der Waals surface area contributed by atoms with Crippen molar-refractivity contribution in [3.05, 3.63) is 127 Å². The van der Waals surface area contributed by atoms with Crippen LogP contribution in [-0.4, -0.2) is 15.0 Å². The van der Waals surface area contributed by atoms with Crippen LogP contribution in [0.2, 0.25) is 0 Å². The van der Waals surface area contributed by atoms with Gasteiger partial charge in [-0.3, -0.25) is 9.97 Å². The Morgan fingerprint density at radius 2 is 1.40 bits per heavy atom. The summed E-state index contributed by atoms with van der Waals surface area (Å²) in [4.78, 5) is 26.6. The van der Waals surface area contributed by atoms with Crippen molar-refractivity contribution in [3.63, 3.8) is 0 Å². The second-order valence-corrected chi connectivity index (χ2v) is 9.62. The summed E-state index contributed by atoms with van der Waals surface area (Å²) in [6, 6.07) is 32.1. The van der Waals surface area contributed by atoms with Crippen LogP contribution >= 0.6 is 0 Å². The summed E-state index contributed by atoms with van der Waals surface area (Å²) in [5.41, 5.74) is 5.02. The SMILES string of the molecule is [Zn+2].c1ccc2c(N=c3[n-]ccc4ccccc34)nccc2c1.c1cnc2c(c1)oc1ccc3ccc4nc[n-]c4c3c12. The molecule has 9 aromatic rings. The summed E-state index contributed by atoms with van der Waals surface area (Å²) in [6.07, 6.45) is 6.95. The van der Waals surface area contributed by atoms with Crippen LogP contribution in [0.3, 0.4) is 0 Å². The minimum absolute atomic E-state index is 0. The van der Waals surface area contributed by atoms with E-state index >= 15 is 0 Å². The predicted octanol–water partition coefficient (Wildman–Crippen LogP) is 7.21. The Kier molecular flexibility index (Phi) is 6.53. The molecule has 0 saturated heterocycles. The number of fused-ring (bicyclic) bond motifs is 9. The van der Waals surface area contributed by atoms with Crippen molar-refractivity contribution in [2.24, 2.45) is 4.99 Å². The van der Waals surface area contributed by atoms with Gasteiger partial charge >= 0.3 is 19.5 Å². The first kappa shape index (κ1) is 25.8. The molecule has 0 radical (unpaired) electrons. The van der Waals surface area contributed by atoms with Gasteiger partial charge in [0.05, 0.1) is 11.2 Å². The van der Waals surface area contributed by atoms with Crippen molar-refractivity contribution in [2.75, 3.05) is 0 Å². The van der Waals surface area contributed by atoms with Gasteiger partial charge in [-0.1, -0.05) is 85.3 Å². The summed E-state index contributed by atoms with van der Waals surface area (Å²) in [5.74, 6) is 0.706. The van der Waals surface area contributed by atoms with Gasteiger partial charge in [0.1, 0.15) is 11.1 Å². The molecule has 0 aliphatic heterocycles. The predicted molar refractivity (Wildman–Crippen MR) is 162 cm³/mol. The van der Waals surface area contributed by atoms with Gasteiger partial charge in [0.2, 0.25) is 0 Å². The molecule has 194 valence electrons. The minimum atomic E-state index is 0. The van der Waals surface area contributed by atoms with Crippen molar-refractivity contribution in [1.82, 2.24) is 24.9 Å². The molecule has 4 aromatic carbocycles. The van der Waals surface area contributed by atoms with E-state index < -0.39 is 0 Å². The average Bonchev–Trinajstić information content (AvgIpc) is 3.67. The topological polar surface area (TPSA) is 92.4 Å². The maximum Gasteiger partial charge on any atom is 2.00 e. The Hall–Kier alpha value is -5.20. The third-order valence-electron chi connectivity index (χ3n) is 7.23. The van der Waals surface area contributed by atoms with E-state index in [0.29, 0.717) is 11.3 Å². The van der Waals surface area contributed by atoms with E-state index in [0.717, 1.165) is 65.4 Å². The van der Waals surface area contributed by atoms with Crippen LogP contribution < -0.4 is 15.5 Å². The fraction of sp³-hybridized carbons (Fsp3) is 0. The molecule has 0 N–H and O–H groups in total. The first-order chi connectivity index (χ1) is 20.3. The van der Waals surface area contributed by atoms with Gasteiger partial charge < -0.3 is 24.4 Å². The molecule has 0 saturated carbocycles. The number of imidazole rings is 1. The monoisotopic (exact) mass is 592 g/mol. The molecule has 0 bridgehead atoms. The Labute approximate surface area is 251 Å². The maximum atomic E-state index is 5.88. The Balaban J connectivity index is 0.000000134. The molecule has 8 heteroatoms. The van der Waals surface area contributed by atoms with Gasteiger partial charge in [0, 0.05) is 17.8 Å². The number of hydrogen-bond donors (Lipinski definition) is 0. The van der Waals surface area contributed by atoms with Gasteiger partial charge in [-0.15, -0.1) is 0 Å². The van der Waals surface area contributed by atoms with Gasteiger partial charge in [0.15, 0.2) is 5.58 Å². The zero-order valence-electron chi connectivity index (χ0n) is 22.3. The molecule has 0 aliphatic carbocycles. The van der Waals surface area contributed by atoms with E-state index in [9.17, 15) is 0 Å². The van der Waals surface area contributed by atoms with Gasteiger partial charge in [-0.25, -0.2) is 0 Å². The molecule has 0 fully saturated rings. The summed E-state index contributed by atoms with van der Waals surface area (Å²) >= 11 is 0. The van der Waals surface area contributed by atoms with Gasteiger partial charge in [-0.2, -0.15) is 0 Å². The van der Waals surface area contributed by atoms with Crippen LogP contribution in [-0.2, 0) is 19.5 Å². The second-order valence-electron chi connectivity index (χ2n) is 9.62. The van der Waals surface area contributed by atoms with Crippen molar-refractivity contribution in [3.8, 4) is 0 Å². The van der Waals surface area contributed by atoms with Crippen LogP contribution in [0.4, 0.5) is 5.82 Å². The number of rotatable bonds is 1. The van der Waals surface area contributed by atoms with E-state index in [1.165, 1.54) is 0 Å². The number of benzene rings is 4. The average molecular weight is 594 g/mol. The zero-order chi connectivity index (χ0) is 27.2. The summed E-state index contributed by atoms with van der Waals surface area (Å²) in [5, 5.41) is 7.54. The summed E-state index contributed by atoms with van der Waals surface area (Å²) in [7, 11) is 0. The van der Waals surface area contributed by atoms with Crippen molar-refractivity contribution < 1.29 is 23.9 Å². The standard InChI is InChI=1S/C18H12N3.C16H8N3O.Zn/c1-3-7-15-13(5-1)9-11-19-17(15)21-18-16-8-4-2-6-14(16)10-12-20-18;1-2-12-16(17-7-1)14-11(20-12)6-4-9-3-5-10-15(13(9)14)19-8-18-10;/h1-12H;1-8H;/q2*-1;+2.